The number of ether oxygens (including phenoxy) is 1. The fourth-order valence-electron chi connectivity index (χ4n) is 2.63. The number of urea groups is 1. The molecular weight excluding hydrogens is 284 g/mol. The Morgan fingerprint density at radius 3 is 2.81 bits per heavy atom. The molecule has 1 aliphatic rings. The van der Waals surface area contributed by atoms with Crippen LogP contribution in [0.1, 0.15) is 26.2 Å². The quantitative estimate of drug-likeness (QED) is 0.841. The molecule has 2 rings (SSSR count). The number of piperidine rings is 1. The molecule has 5 heteroatoms. The Morgan fingerprint density at radius 1 is 1.38 bits per heavy atom. The summed E-state index contributed by atoms with van der Waals surface area (Å²) in [6, 6.07) is 8.20. The third-order valence-electron chi connectivity index (χ3n) is 3.66. The molecule has 0 radical (unpaired) electrons. The molecule has 1 atom stereocenters. The van der Waals surface area contributed by atoms with Gasteiger partial charge in [-0.2, -0.15) is 0 Å². The van der Waals surface area contributed by atoms with Crippen LogP contribution in [0.25, 0.3) is 0 Å². The SMILES string of the molecule is CCSc1ccc(NC(=O)N2CCCC[C@@H]2COC)cc1. The lowest BCUT2D eigenvalue weighted by Crippen LogP contribution is -2.47. The topological polar surface area (TPSA) is 41.6 Å². The monoisotopic (exact) mass is 308 g/mol. The second kappa shape index (κ2) is 8.29. The highest BCUT2D eigenvalue weighted by molar-refractivity contribution is 7.99. The Morgan fingerprint density at radius 2 is 2.14 bits per heavy atom. The number of thioether (sulfide) groups is 1. The number of rotatable bonds is 5. The van der Waals surface area contributed by atoms with Crippen LogP contribution in [0, 0.1) is 0 Å². The van der Waals surface area contributed by atoms with E-state index in [0.29, 0.717) is 6.61 Å². The van der Waals surface area contributed by atoms with E-state index in [1.807, 2.05) is 29.2 Å². The van der Waals surface area contributed by atoms with E-state index in [1.54, 1.807) is 18.9 Å². The van der Waals surface area contributed by atoms with Crippen molar-refractivity contribution in [2.24, 2.45) is 0 Å². The summed E-state index contributed by atoms with van der Waals surface area (Å²) in [6.07, 6.45) is 3.26. The fraction of sp³-hybridized carbons (Fsp3) is 0.562. The lowest BCUT2D eigenvalue weighted by atomic mass is 10.0. The smallest absolute Gasteiger partial charge is 0.322 e. The van der Waals surface area contributed by atoms with Crippen LogP contribution < -0.4 is 5.32 Å². The van der Waals surface area contributed by atoms with Gasteiger partial charge in [-0.15, -0.1) is 11.8 Å². The zero-order chi connectivity index (χ0) is 15.1. The van der Waals surface area contributed by atoms with E-state index in [9.17, 15) is 4.79 Å². The van der Waals surface area contributed by atoms with Crippen LogP contribution in [0.15, 0.2) is 29.2 Å². The van der Waals surface area contributed by atoms with Crippen molar-refractivity contribution in [2.45, 2.75) is 37.1 Å². The number of anilines is 1. The first-order valence-electron chi connectivity index (χ1n) is 7.54. The van der Waals surface area contributed by atoms with Crippen molar-refractivity contribution in [1.29, 1.82) is 0 Å². The molecular formula is C16H24N2O2S. The van der Waals surface area contributed by atoms with E-state index >= 15 is 0 Å². The Balaban J connectivity index is 1.95. The van der Waals surface area contributed by atoms with Crippen molar-refractivity contribution < 1.29 is 9.53 Å². The highest BCUT2D eigenvalue weighted by Gasteiger charge is 2.26. The summed E-state index contributed by atoms with van der Waals surface area (Å²) in [7, 11) is 1.69. The van der Waals surface area contributed by atoms with Crippen LogP contribution in [0.3, 0.4) is 0 Å². The summed E-state index contributed by atoms with van der Waals surface area (Å²) in [5.74, 6) is 1.05. The number of amides is 2. The molecule has 21 heavy (non-hydrogen) atoms. The van der Waals surface area contributed by atoms with E-state index in [0.717, 1.165) is 30.8 Å². The third-order valence-corrected chi connectivity index (χ3v) is 4.56. The van der Waals surface area contributed by atoms with Gasteiger partial charge in [-0.05, 0) is 49.3 Å². The Kier molecular flexibility index (Phi) is 6.39. The minimum atomic E-state index is -0.0207. The predicted octanol–water partition coefficient (Wildman–Crippen LogP) is 3.83. The number of nitrogens with zero attached hydrogens (tertiary/aromatic N) is 1. The second-order valence-electron chi connectivity index (χ2n) is 5.19. The summed E-state index contributed by atoms with van der Waals surface area (Å²) in [5, 5.41) is 2.99. The Bertz CT molecular complexity index is 448. The van der Waals surface area contributed by atoms with Crippen molar-refractivity contribution >= 4 is 23.5 Å². The van der Waals surface area contributed by atoms with E-state index < -0.39 is 0 Å². The Hall–Kier alpha value is -1.20. The van der Waals surface area contributed by atoms with E-state index in [2.05, 4.69) is 12.2 Å². The molecule has 0 unspecified atom stereocenters. The van der Waals surface area contributed by atoms with Crippen LogP contribution in [0.5, 0.6) is 0 Å². The molecule has 1 fully saturated rings. The summed E-state index contributed by atoms with van der Waals surface area (Å²) < 4.78 is 5.23. The predicted molar refractivity (Wildman–Crippen MR) is 88.1 cm³/mol. The van der Waals surface area contributed by atoms with Crippen molar-refractivity contribution in [3.63, 3.8) is 0 Å². The van der Waals surface area contributed by atoms with E-state index in [4.69, 9.17) is 4.74 Å². The summed E-state index contributed by atoms with van der Waals surface area (Å²) >= 11 is 1.80. The first-order valence-corrected chi connectivity index (χ1v) is 8.52. The largest absolute Gasteiger partial charge is 0.383 e. The molecule has 1 N–H and O–H groups in total. The van der Waals surface area contributed by atoms with Crippen molar-refractivity contribution in [2.75, 3.05) is 31.3 Å². The van der Waals surface area contributed by atoms with Gasteiger partial charge in [-0.3, -0.25) is 0 Å². The molecule has 1 heterocycles. The summed E-state index contributed by atoms with van der Waals surface area (Å²) in [6.45, 7) is 3.55. The number of hydrogen-bond acceptors (Lipinski definition) is 3. The molecule has 0 saturated carbocycles. The third kappa shape index (κ3) is 4.64. The van der Waals surface area contributed by atoms with Gasteiger partial charge in [-0.1, -0.05) is 6.92 Å². The number of likely N-dealkylation sites (tertiary alicyclic amines) is 1. The first-order chi connectivity index (χ1) is 10.2. The molecule has 2 amide bonds. The maximum Gasteiger partial charge on any atom is 0.322 e. The fourth-order valence-corrected chi connectivity index (χ4v) is 3.29. The van der Waals surface area contributed by atoms with Gasteiger partial charge < -0.3 is 15.0 Å². The normalized spacial score (nSPS) is 18.6. The maximum atomic E-state index is 12.4. The second-order valence-corrected chi connectivity index (χ2v) is 6.52. The lowest BCUT2D eigenvalue weighted by molar-refractivity contribution is 0.0878. The number of carbonyl (C=O) groups excluding carboxylic acids is 1. The van der Waals surface area contributed by atoms with Crippen LogP contribution in [0.4, 0.5) is 10.5 Å². The Labute approximate surface area is 131 Å². The van der Waals surface area contributed by atoms with E-state index in [1.165, 1.54) is 11.3 Å². The number of benzene rings is 1. The average molecular weight is 308 g/mol. The molecule has 0 spiro atoms. The first kappa shape index (κ1) is 16.2. The van der Waals surface area contributed by atoms with Gasteiger partial charge in [0.2, 0.25) is 0 Å². The standard InChI is InChI=1S/C16H24N2O2S/c1-3-21-15-9-7-13(8-10-15)17-16(19)18-11-5-4-6-14(18)12-20-2/h7-10,14H,3-6,11-12H2,1-2H3,(H,17,19)/t14-/m1/s1. The van der Waals surface area contributed by atoms with Gasteiger partial charge >= 0.3 is 6.03 Å². The van der Waals surface area contributed by atoms with Gasteiger partial charge in [-0.25, -0.2) is 4.79 Å². The minimum Gasteiger partial charge on any atom is -0.383 e. The molecule has 1 aromatic carbocycles. The summed E-state index contributed by atoms with van der Waals surface area (Å²) in [5.41, 5.74) is 0.849. The molecule has 1 aromatic rings. The number of hydrogen-bond donors (Lipinski definition) is 1. The molecule has 0 aliphatic carbocycles. The molecule has 1 saturated heterocycles. The van der Waals surface area contributed by atoms with Crippen LogP contribution in [-0.4, -0.2) is 43.0 Å². The minimum absolute atomic E-state index is 0.0207. The summed E-state index contributed by atoms with van der Waals surface area (Å²) in [4.78, 5) is 15.5. The average Bonchev–Trinajstić information content (AvgIpc) is 2.50. The van der Waals surface area contributed by atoms with Crippen molar-refractivity contribution in [3.05, 3.63) is 24.3 Å². The van der Waals surface area contributed by atoms with Crippen molar-refractivity contribution in [1.82, 2.24) is 4.90 Å². The molecule has 116 valence electrons. The molecule has 0 bridgehead atoms. The van der Waals surface area contributed by atoms with Crippen LogP contribution in [0.2, 0.25) is 0 Å². The van der Waals surface area contributed by atoms with Crippen molar-refractivity contribution in [3.8, 4) is 0 Å². The van der Waals surface area contributed by atoms with Crippen LogP contribution in [-0.2, 0) is 4.74 Å². The van der Waals surface area contributed by atoms with Gasteiger partial charge in [0.1, 0.15) is 0 Å². The van der Waals surface area contributed by atoms with Gasteiger partial charge in [0.05, 0.1) is 12.6 Å². The number of carbonyl (C=O) groups is 1. The van der Waals surface area contributed by atoms with E-state index in [-0.39, 0.29) is 12.1 Å². The molecule has 1 aliphatic heterocycles. The zero-order valence-electron chi connectivity index (χ0n) is 12.8. The van der Waals surface area contributed by atoms with Gasteiger partial charge in [0, 0.05) is 24.2 Å². The highest BCUT2D eigenvalue weighted by atomic mass is 32.2. The molecule has 4 nitrogen and oxygen atoms in total. The van der Waals surface area contributed by atoms with Gasteiger partial charge in [0.15, 0.2) is 0 Å². The lowest BCUT2D eigenvalue weighted by Gasteiger charge is -2.35. The maximum absolute atomic E-state index is 12.4. The molecule has 0 aromatic heterocycles. The van der Waals surface area contributed by atoms with Gasteiger partial charge in [0.25, 0.3) is 0 Å². The number of nitrogens with one attached hydrogen (secondary N) is 1. The highest BCUT2D eigenvalue weighted by Crippen LogP contribution is 2.22. The van der Waals surface area contributed by atoms with Crippen LogP contribution >= 0.6 is 11.8 Å². The number of methoxy groups -OCH3 is 1. The zero-order valence-corrected chi connectivity index (χ0v) is 13.6.